The van der Waals surface area contributed by atoms with E-state index in [0.29, 0.717) is 33.4 Å². The van der Waals surface area contributed by atoms with Gasteiger partial charge in [0.05, 0.1) is 0 Å². The Bertz CT molecular complexity index is 1610. The monoisotopic (exact) mass is 562 g/mol. The van der Waals surface area contributed by atoms with Crippen molar-refractivity contribution in [3.05, 3.63) is 142 Å². The lowest BCUT2D eigenvalue weighted by atomic mass is 9.87. The van der Waals surface area contributed by atoms with E-state index >= 15 is 8.78 Å². The summed E-state index contributed by atoms with van der Waals surface area (Å²) in [5.74, 6) is -2.25. The molecular weight excluding hydrogens is 534 g/mol. The first-order valence-electron chi connectivity index (χ1n) is 13.2. The van der Waals surface area contributed by atoms with Crippen molar-refractivity contribution in [1.82, 2.24) is 0 Å². The Kier molecular flexibility index (Phi) is 8.96. The molecule has 0 atom stereocenters. The fraction of sp³-hybridized carbons (Fsp3) is 0.111. The molecule has 0 fully saturated rings. The van der Waals surface area contributed by atoms with Crippen molar-refractivity contribution in [3.63, 3.8) is 0 Å². The predicted octanol–water partition coefficient (Wildman–Crippen LogP) is 8.87. The van der Waals surface area contributed by atoms with E-state index in [9.17, 15) is 19.2 Å². The van der Waals surface area contributed by atoms with Crippen LogP contribution < -0.4 is 0 Å². The molecule has 0 aliphatic carbocycles. The summed E-state index contributed by atoms with van der Waals surface area (Å²) in [5.41, 5.74) is 2.24. The number of halogens is 2. The molecule has 42 heavy (non-hydrogen) atoms. The third kappa shape index (κ3) is 6.44. The van der Waals surface area contributed by atoms with Crippen LogP contribution in [-0.4, -0.2) is 23.1 Å². The van der Waals surface area contributed by atoms with Crippen LogP contribution in [0.4, 0.5) is 8.78 Å². The highest BCUT2D eigenvalue weighted by molar-refractivity contribution is 6.20. The summed E-state index contributed by atoms with van der Waals surface area (Å²) in [7, 11) is 0. The van der Waals surface area contributed by atoms with Gasteiger partial charge >= 0.3 is 0 Å². The van der Waals surface area contributed by atoms with E-state index in [1.165, 1.54) is 76.2 Å². The van der Waals surface area contributed by atoms with Crippen LogP contribution in [0.25, 0.3) is 22.8 Å². The second-order valence-corrected chi connectivity index (χ2v) is 9.91. The van der Waals surface area contributed by atoms with Crippen molar-refractivity contribution in [1.29, 1.82) is 0 Å². The number of Topliss-reactive ketones (excluding diaryl/α,β-unsaturated/α-hetero) is 4. The molecule has 0 saturated heterocycles. The third-order valence-corrected chi connectivity index (χ3v) is 6.94. The summed E-state index contributed by atoms with van der Waals surface area (Å²) in [4.78, 5) is 47.5. The molecule has 4 nitrogen and oxygen atoms in total. The molecule has 0 heterocycles. The molecule has 0 radical (unpaired) electrons. The summed E-state index contributed by atoms with van der Waals surface area (Å²) < 4.78 is 33.4. The van der Waals surface area contributed by atoms with Gasteiger partial charge in [-0.25, -0.2) is 8.78 Å². The fourth-order valence-electron chi connectivity index (χ4n) is 4.50. The lowest BCUT2D eigenvalue weighted by molar-refractivity contribution is 0.100. The maximum absolute atomic E-state index is 16.7. The van der Waals surface area contributed by atoms with Gasteiger partial charge in [-0.15, -0.1) is 0 Å². The van der Waals surface area contributed by atoms with Gasteiger partial charge in [0.2, 0.25) is 0 Å². The number of hydrogen-bond donors (Lipinski definition) is 0. The van der Waals surface area contributed by atoms with Crippen LogP contribution in [-0.2, 0) is 0 Å². The Morgan fingerprint density at radius 3 is 0.690 bits per heavy atom. The molecule has 0 aliphatic rings. The average Bonchev–Trinajstić information content (AvgIpc) is 2.99. The molecule has 0 aliphatic heterocycles. The van der Waals surface area contributed by atoms with Crippen molar-refractivity contribution < 1.29 is 28.0 Å². The lowest BCUT2D eigenvalue weighted by Gasteiger charge is -2.18. The summed E-state index contributed by atoms with van der Waals surface area (Å²) >= 11 is 0. The number of carbonyl (C=O) groups is 4. The molecule has 4 aromatic rings. The van der Waals surface area contributed by atoms with Gasteiger partial charge in [0.25, 0.3) is 0 Å². The Labute approximate surface area is 243 Å². The molecule has 0 bridgehead atoms. The largest absolute Gasteiger partial charge is 0.295 e. The zero-order valence-electron chi connectivity index (χ0n) is 23.6. The van der Waals surface area contributed by atoms with E-state index < -0.39 is 11.7 Å². The summed E-state index contributed by atoms with van der Waals surface area (Å²) in [6.45, 7) is 5.63. The topological polar surface area (TPSA) is 68.3 Å². The van der Waals surface area contributed by atoms with Crippen LogP contribution >= 0.6 is 0 Å². The third-order valence-electron chi connectivity index (χ3n) is 6.94. The predicted molar refractivity (Wildman–Crippen MR) is 162 cm³/mol. The first-order valence-corrected chi connectivity index (χ1v) is 13.2. The Hall–Kier alpha value is -5.10. The quantitative estimate of drug-likeness (QED) is 0.116. The molecule has 6 heteroatoms. The number of carbonyl (C=O) groups excluding carboxylic acids is 4. The summed E-state index contributed by atoms with van der Waals surface area (Å²) in [6.07, 6.45) is 0. The Balaban J connectivity index is 2.07. The van der Waals surface area contributed by atoms with Gasteiger partial charge in [0, 0.05) is 44.5 Å². The van der Waals surface area contributed by atoms with Crippen LogP contribution in [0.1, 0.15) is 91.4 Å². The van der Waals surface area contributed by atoms with Crippen LogP contribution in [0.2, 0.25) is 0 Å². The van der Waals surface area contributed by atoms with E-state index in [4.69, 9.17) is 0 Å². The smallest absolute Gasteiger partial charge is 0.159 e. The van der Waals surface area contributed by atoms with Gasteiger partial charge in [0.1, 0.15) is 11.7 Å². The molecule has 0 unspecified atom stereocenters. The SMILES string of the molecule is CC(=O)c1ccc(/C(F)=C(/C(=C(\F)c2ccc(C(C)=O)cc2)c2ccc(C(C)=O)cc2)c2ccc(C(C)=O)cc2)cc1. The second-order valence-electron chi connectivity index (χ2n) is 9.91. The number of hydrogen-bond acceptors (Lipinski definition) is 4. The van der Waals surface area contributed by atoms with Gasteiger partial charge in [-0.2, -0.15) is 0 Å². The zero-order valence-corrected chi connectivity index (χ0v) is 23.6. The molecular formula is C36H28F2O4. The molecule has 0 amide bonds. The number of allylic oxidation sites excluding steroid dienone is 2. The first-order chi connectivity index (χ1) is 20.0. The minimum absolute atomic E-state index is 0.0932. The number of ketones is 4. The average molecular weight is 563 g/mol. The first kappa shape index (κ1) is 29.9. The Morgan fingerprint density at radius 2 is 0.500 bits per heavy atom. The van der Waals surface area contributed by atoms with Crippen LogP contribution in [0.15, 0.2) is 97.1 Å². The highest BCUT2D eigenvalue weighted by Crippen LogP contribution is 2.43. The Morgan fingerprint density at radius 1 is 0.333 bits per heavy atom. The second kappa shape index (κ2) is 12.6. The van der Waals surface area contributed by atoms with E-state index in [-0.39, 0.29) is 45.4 Å². The van der Waals surface area contributed by atoms with Gasteiger partial charge in [0.15, 0.2) is 23.1 Å². The van der Waals surface area contributed by atoms with Crippen molar-refractivity contribution in [2.45, 2.75) is 27.7 Å². The van der Waals surface area contributed by atoms with Crippen molar-refractivity contribution in [3.8, 4) is 0 Å². The van der Waals surface area contributed by atoms with Gasteiger partial charge in [-0.1, -0.05) is 97.1 Å². The van der Waals surface area contributed by atoms with E-state index in [0.717, 1.165) is 0 Å². The molecule has 0 aromatic heterocycles. The molecule has 4 aromatic carbocycles. The molecule has 0 saturated carbocycles. The van der Waals surface area contributed by atoms with E-state index in [1.54, 1.807) is 48.5 Å². The normalized spacial score (nSPS) is 12.2. The van der Waals surface area contributed by atoms with Gasteiger partial charge in [-0.3, -0.25) is 19.2 Å². The highest BCUT2D eigenvalue weighted by atomic mass is 19.1. The maximum atomic E-state index is 16.7. The highest BCUT2D eigenvalue weighted by Gasteiger charge is 2.24. The standard InChI is InChI=1S/C36H28F2O4/c1-21(39)25-5-13-29(14-6-25)33(35(37)31-17-9-27(10-18-31)23(3)41)34(30-15-7-26(8-16-30)22(2)40)36(38)32-19-11-28(12-20-32)24(4)42/h5-20H,1-4H3/b35-33-,36-34-. The minimum Gasteiger partial charge on any atom is -0.295 e. The molecule has 210 valence electrons. The van der Waals surface area contributed by atoms with Crippen molar-refractivity contribution in [2.24, 2.45) is 0 Å². The van der Waals surface area contributed by atoms with Crippen LogP contribution in [0.5, 0.6) is 0 Å². The molecule has 0 N–H and O–H groups in total. The van der Waals surface area contributed by atoms with Gasteiger partial charge < -0.3 is 0 Å². The molecule has 0 spiro atoms. The van der Waals surface area contributed by atoms with Crippen LogP contribution in [0, 0.1) is 0 Å². The van der Waals surface area contributed by atoms with E-state index in [2.05, 4.69) is 0 Å². The summed E-state index contributed by atoms with van der Waals surface area (Å²) in [5, 5.41) is 0. The van der Waals surface area contributed by atoms with Crippen molar-refractivity contribution in [2.75, 3.05) is 0 Å². The van der Waals surface area contributed by atoms with E-state index in [1.807, 2.05) is 0 Å². The fourth-order valence-corrected chi connectivity index (χ4v) is 4.50. The zero-order chi connectivity index (χ0) is 30.6. The number of rotatable bonds is 9. The van der Waals surface area contributed by atoms with Crippen molar-refractivity contribution >= 4 is 45.9 Å². The molecule has 4 rings (SSSR count). The van der Waals surface area contributed by atoms with Gasteiger partial charge in [-0.05, 0) is 38.8 Å². The van der Waals surface area contributed by atoms with Crippen LogP contribution in [0.3, 0.4) is 0 Å². The maximum Gasteiger partial charge on any atom is 0.159 e. The summed E-state index contributed by atoms with van der Waals surface area (Å²) in [6, 6.07) is 24.1. The minimum atomic E-state index is -0.762. The lowest BCUT2D eigenvalue weighted by Crippen LogP contribution is -2.00. The number of benzene rings is 4.